The molecule has 2 heteroatoms. The lowest BCUT2D eigenvalue weighted by molar-refractivity contribution is 0.109. The Bertz CT molecular complexity index is 550. The van der Waals surface area contributed by atoms with Crippen molar-refractivity contribution in [2.24, 2.45) is 5.92 Å². The van der Waals surface area contributed by atoms with E-state index in [-0.39, 0.29) is 0 Å². The predicted octanol–water partition coefficient (Wildman–Crippen LogP) is 3.83. The summed E-state index contributed by atoms with van der Waals surface area (Å²) in [5.74, 6) is 0.818. The van der Waals surface area contributed by atoms with Gasteiger partial charge in [-0.25, -0.2) is 0 Å². The Hall–Kier alpha value is -1.70. The molecular formula is C18H24N2. The highest BCUT2D eigenvalue weighted by Crippen LogP contribution is 2.40. The Morgan fingerprint density at radius 1 is 1.35 bits per heavy atom. The van der Waals surface area contributed by atoms with Gasteiger partial charge in [-0.15, -0.1) is 0 Å². The first-order chi connectivity index (χ1) is 9.52. The second-order valence-corrected chi connectivity index (χ2v) is 6.32. The van der Waals surface area contributed by atoms with Crippen molar-refractivity contribution < 1.29 is 0 Å². The average molecular weight is 268 g/mol. The predicted molar refractivity (Wildman–Crippen MR) is 84.9 cm³/mol. The molecule has 3 heterocycles. The second kappa shape index (κ2) is 4.69. The van der Waals surface area contributed by atoms with Crippen molar-refractivity contribution in [1.82, 2.24) is 9.80 Å². The number of rotatable bonds is 1. The maximum atomic E-state index is 4.37. The van der Waals surface area contributed by atoms with E-state index in [9.17, 15) is 0 Å². The Balaban J connectivity index is 1.99. The summed E-state index contributed by atoms with van der Waals surface area (Å²) in [6.45, 7) is 19.2. The van der Waals surface area contributed by atoms with Crippen molar-refractivity contribution >= 4 is 0 Å². The Labute approximate surface area is 122 Å². The zero-order chi connectivity index (χ0) is 14.4. The van der Waals surface area contributed by atoms with E-state index < -0.39 is 0 Å². The molecule has 2 atom stereocenters. The van der Waals surface area contributed by atoms with Gasteiger partial charge in [-0.1, -0.05) is 32.7 Å². The van der Waals surface area contributed by atoms with Crippen LogP contribution < -0.4 is 0 Å². The van der Waals surface area contributed by atoms with Gasteiger partial charge in [0.2, 0.25) is 0 Å². The van der Waals surface area contributed by atoms with Gasteiger partial charge in [0, 0.05) is 25.3 Å². The van der Waals surface area contributed by atoms with Gasteiger partial charge in [0.05, 0.1) is 11.4 Å². The summed E-state index contributed by atoms with van der Waals surface area (Å²) in [6, 6.07) is 0.594. The molecule has 0 amide bonds. The molecule has 2 nitrogen and oxygen atoms in total. The molecular weight excluding hydrogens is 244 g/mol. The minimum atomic E-state index is 0.594. The fourth-order valence-corrected chi connectivity index (χ4v) is 3.73. The second-order valence-electron chi connectivity index (χ2n) is 6.32. The molecule has 3 aliphatic rings. The van der Waals surface area contributed by atoms with Crippen LogP contribution in [-0.4, -0.2) is 28.9 Å². The van der Waals surface area contributed by atoms with Crippen LogP contribution in [0.15, 0.2) is 60.1 Å². The normalized spacial score (nSPS) is 30.0. The van der Waals surface area contributed by atoms with Gasteiger partial charge in [-0.3, -0.25) is 0 Å². The smallest absolute Gasteiger partial charge is 0.0674 e. The van der Waals surface area contributed by atoms with Crippen molar-refractivity contribution in [3.63, 3.8) is 0 Å². The zero-order valence-corrected chi connectivity index (χ0v) is 12.7. The standard InChI is InChI=1S/C18H24N2/c1-6-16-10-19-11-17-9-12(2)7-8-20(17)15(5)18(19)14(4)13(16)3/h6,10,12,17H,1,3,5,7-9,11H2,2,4H3. The molecule has 0 aromatic rings. The van der Waals surface area contributed by atoms with E-state index in [1.807, 2.05) is 6.08 Å². The maximum absolute atomic E-state index is 4.37. The van der Waals surface area contributed by atoms with E-state index in [1.54, 1.807) is 0 Å². The van der Waals surface area contributed by atoms with E-state index >= 15 is 0 Å². The number of piperidine rings is 1. The molecule has 2 fully saturated rings. The fourth-order valence-electron chi connectivity index (χ4n) is 3.73. The monoisotopic (exact) mass is 268 g/mol. The molecule has 2 unspecified atom stereocenters. The van der Waals surface area contributed by atoms with Gasteiger partial charge in [0.25, 0.3) is 0 Å². The molecule has 0 bridgehead atoms. The van der Waals surface area contributed by atoms with Gasteiger partial charge < -0.3 is 9.80 Å². The van der Waals surface area contributed by atoms with Crippen LogP contribution in [-0.2, 0) is 0 Å². The van der Waals surface area contributed by atoms with Crippen molar-refractivity contribution in [1.29, 1.82) is 0 Å². The Morgan fingerprint density at radius 3 is 2.80 bits per heavy atom. The van der Waals surface area contributed by atoms with Crippen molar-refractivity contribution in [3.8, 4) is 0 Å². The zero-order valence-electron chi connectivity index (χ0n) is 12.7. The van der Waals surface area contributed by atoms with Gasteiger partial charge in [0.1, 0.15) is 0 Å². The summed E-state index contributed by atoms with van der Waals surface area (Å²) < 4.78 is 0. The summed E-state index contributed by atoms with van der Waals surface area (Å²) >= 11 is 0. The minimum absolute atomic E-state index is 0.594. The van der Waals surface area contributed by atoms with Gasteiger partial charge in [0.15, 0.2) is 0 Å². The van der Waals surface area contributed by atoms with E-state index in [0.717, 1.165) is 30.2 Å². The molecule has 0 aromatic carbocycles. The lowest BCUT2D eigenvalue weighted by atomic mass is 9.86. The average Bonchev–Trinajstić information content (AvgIpc) is 2.42. The lowest BCUT2D eigenvalue weighted by Gasteiger charge is -2.50. The van der Waals surface area contributed by atoms with Crippen LogP contribution in [0, 0.1) is 5.92 Å². The van der Waals surface area contributed by atoms with Crippen LogP contribution in [0.4, 0.5) is 0 Å². The number of allylic oxidation sites excluding steroid dienone is 4. The van der Waals surface area contributed by atoms with E-state index in [1.165, 1.54) is 29.8 Å². The minimum Gasteiger partial charge on any atom is -0.366 e. The molecule has 0 aromatic heterocycles. The third-order valence-electron chi connectivity index (χ3n) is 4.96. The van der Waals surface area contributed by atoms with Crippen LogP contribution >= 0.6 is 0 Å². The highest BCUT2D eigenvalue weighted by Gasteiger charge is 2.37. The van der Waals surface area contributed by atoms with Crippen LogP contribution in [0.2, 0.25) is 0 Å². The van der Waals surface area contributed by atoms with Crippen LogP contribution in [0.3, 0.4) is 0 Å². The molecule has 0 saturated carbocycles. The molecule has 0 N–H and O–H groups in total. The first-order valence-corrected chi connectivity index (χ1v) is 7.50. The van der Waals surface area contributed by atoms with Crippen LogP contribution in [0.5, 0.6) is 0 Å². The first-order valence-electron chi connectivity index (χ1n) is 7.50. The highest BCUT2D eigenvalue weighted by atomic mass is 15.3. The summed E-state index contributed by atoms with van der Waals surface area (Å²) in [7, 11) is 0. The molecule has 20 heavy (non-hydrogen) atoms. The van der Waals surface area contributed by atoms with E-state index in [2.05, 4.69) is 49.6 Å². The SMILES string of the molecule is C=CC1=CN2CC3CC(C)CCN3C(=C)C2=C(C)C1=C. The van der Waals surface area contributed by atoms with Crippen LogP contribution in [0.25, 0.3) is 0 Å². The molecule has 0 radical (unpaired) electrons. The lowest BCUT2D eigenvalue weighted by Crippen LogP contribution is -2.52. The number of nitrogens with zero attached hydrogens (tertiary/aromatic N) is 2. The largest absolute Gasteiger partial charge is 0.366 e. The summed E-state index contributed by atoms with van der Waals surface area (Å²) in [5, 5.41) is 0. The van der Waals surface area contributed by atoms with Crippen molar-refractivity contribution in [2.45, 2.75) is 32.7 Å². The van der Waals surface area contributed by atoms with Gasteiger partial charge in [-0.2, -0.15) is 0 Å². The number of piperazine rings is 1. The quantitative estimate of drug-likeness (QED) is 0.713. The van der Waals surface area contributed by atoms with Crippen molar-refractivity contribution in [2.75, 3.05) is 13.1 Å². The Kier molecular flexibility index (Phi) is 3.12. The van der Waals surface area contributed by atoms with Gasteiger partial charge in [-0.05, 0) is 42.4 Å². The maximum Gasteiger partial charge on any atom is 0.0674 e. The number of hydrogen-bond donors (Lipinski definition) is 0. The fraction of sp³-hybridized carbons (Fsp3) is 0.444. The molecule has 3 rings (SSSR count). The summed E-state index contributed by atoms with van der Waals surface area (Å²) in [4.78, 5) is 4.87. The van der Waals surface area contributed by atoms with Crippen molar-refractivity contribution in [3.05, 3.63) is 60.1 Å². The van der Waals surface area contributed by atoms with E-state index in [0.29, 0.717) is 6.04 Å². The highest BCUT2D eigenvalue weighted by molar-refractivity contribution is 5.57. The third kappa shape index (κ3) is 1.86. The first kappa shape index (κ1) is 13.3. The summed E-state index contributed by atoms with van der Waals surface area (Å²) in [5.41, 5.74) is 5.88. The van der Waals surface area contributed by atoms with Crippen LogP contribution in [0.1, 0.15) is 26.7 Å². The topological polar surface area (TPSA) is 6.48 Å². The molecule has 0 aliphatic carbocycles. The molecule has 2 saturated heterocycles. The van der Waals surface area contributed by atoms with E-state index in [4.69, 9.17) is 0 Å². The summed E-state index contributed by atoms with van der Waals surface area (Å²) in [6.07, 6.45) is 6.64. The third-order valence-corrected chi connectivity index (χ3v) is 4.96. The Morgan fingerprint density at radius 2 is 2.10 bits per heavy atom. The number of hydrogen-bond acceptors (Lipinski definition) is 2. The molecule has 0 spiro atoms. The molecule has 3 aliphatic heterocycles. The number of fused-ring (bicyclic) bond motifs is 2. The van der Waals surface area contributed by atoms with Gasteiger partial charge >= 0.3 is 0 Å². The molecule has 106 valence electrons.